The largest absolute Gasteiger partial charge is 0.480 e. The van der Waals surface area contributed by atoms with E-state index in [-0.39, 0.29) is 19.8 Å². The number of ether oxygens (including phenoxy) is 2. The summed E-state index contributed by atoms with van der Waals surface area (Å²) < 4.78 is 11.6. The van der Waals surface area contributed by atoms with Crippen LogP contribution in [0.25, 0.3) is 0 Å². The zero-order valence-electron chi connectivity index (χ0n) is 19.3. The number of rotatable bonds is 7. The van der Waals surface area contributed by atoms with Crippen molar-refractivity contribution >= 4 is 17.9 Å². The van der Waals surface area contributed by atoms with Gasteiger partial charge in [0.25, 0.3) is 0 Å². The smallest absolute Gasteiger partial charge is 0.320 e. The van der Waals surface area contributed by atoms with Crippen molar-refractivity contribution in [2.45, 2.75) is 64.2 Å². The highest BCUT2D eigenvalue weighted by molar-refractivity contribution is 5.77. The van der Waals surface area contributed by atoms with Gasteiger partial charge in [0.1, 0.15) is 18.2 Å². The van der Waals surface area contributed by atoms with Gasteiger partial charge < -0.3 is 24.8 Å². The first-order chi connectivity index (χ1) is 15.7. The molecule has 33 heavy (non-hydrogen) atoms. The van der Waals surface area contributed by atoms with Crippen molar-refractivity contribution in [2.75, 3.05) is 26.3 Å². The van der Waals surface area contributed by atoms with Crippen molar-refractivity contribution in [1.29, 1.82) is 0 Å². The first kappa shape index (κ1) is 25.4. The van der Waals surface area contributed by atoms with Gasteiger partial charge in [-0.1, -0.05) is 11.6 Å². The third-order valence-corrected chi connectivity index (χ3v) is 6.94. The summed E-state index contributed by atoms with van der Waals surface area (Å²) in [6, 6.07) is -0.656. The monoisotopic (exact) mass is 465 g/mol. The highest BCUT2D eigenvalue weighted by Crippen LogP contribution is 2.39. The van der Waals surface area contributed by atoms with Crippen molar-refractivity contribution in [3.8, 4) is 0 Å². The van der Waals surface area contributed by atoms with Gasteiger partial charge in [-0.05, 0) is 57.7 Å². The lowest BCUT2D eigenvalue weighted by molar-refractivity contribution is -0.159. The predicted molar refractivity (Wildman–Crippen MR) is 118 cm³/mol. The average molecular weight is 466 g/mol. The van der Waals surface area contributed by atoms with Crippen molar-refractivity contribution in [3.63, 3.8) is 0 Å². The van der Waals surface area contributed by atoms with E-state index in [1.807, 2.05) is 13.0 Å². The number of carbonyl (C=O) groups is 3. The summed E-state index contributed by atoms with van der Waals surface area (Å²) >= 11 is 0. The van der Waals surface area contributed by atoms with Crippen LogP contribution in [0.4, 0.5) is 0 Å². The van der Waals surface area contributed by atoms with Crippen molar-refractivity contribution in [3.05, 3.63) is 23.3 Å². The summed E-state index contributed by atoms with van der Waals surface area (Å²) in [6.07, 6.45) is 5.40. The van der Waals surface area contributed by atoms with E-state index in [1.165, 1.54) is 0 Å². The summed E-state index contributed by atoms with van der Waals surface area (Å²) in [5.74, 6) is -3.85. The molecule has 2 heterocycles. The third kappa shape index (κ3) is 6.02. The Kier molecular flexibility index (Phi) is 8.67. The van der Waals surface area contributed by atoms with Crippen LogP contribution in [0.2, 0.25) is 0 Å². The third-order valence-electron chi connectivity index (χ3n) is 6.94. The van der Waals surface area contributed by atoms with Gasteiger partial charge in [-0.3, -0.25) is 19.3 Å². The summed E-state index contributed by atoms with van der Waals surface area (Å²) in [5.41, 5.74) is 1.73. The standard InChI is InChI=1S/C24H35NO8/c1-14-5-3-6-16(13-27)10-20-21(19(9-14)32-23(30)15(2)12-26)17(24(31)33-20)11-25-8-4-7-18(25)22(28)29/h5,10,15,17-21,26-27H,3-4,6-9,11-13H2,1-2H3,(H,28,29)/b14-5-,16-10+/t15?,17?,18?,19-,20+,21+/m0/s1. The first-order valence-corrected chi connectivity index (χ1v) is 11.7. The number of nitrogens with zero attached hydrogens (tertiary/aromatic N) is 1. The molecular formula is C24H35NO8. The van der Waals surface area contributed by atoms with Crippen LogP contribution in [0.1, 0.15) is 46.0 Å². The molecule has 1 aliphatic carbocycles. The molecule has 0 radical (unpaired) electrons. The van der Waals surface area contributed by atoms with Crippen LogP contribution < -0.4 is 0 Å². The van der Waals surface area contributed by atoms with Gasteiger partial charge >= 0.3 is 17.9 Å². The Labute approximate surface area is 194 Å². The number of carbonyl (C=O) groups excluding carboxylic acids is 2. The molecule has 0 bridgehead atoms. The van der Waals surface area contributed by atoms with Crippen LogP contribution in [-0.2, 0) is 23.9 Å². The molecule has 0 aromatic rings. The second-order valence-corrected chi connectivity index (χ2v) is 9.41. The van der Waals surface area contributed by atoms with E-state index in [0.717, 1.165) is 17.6 Å². The highest BCUT2D eigenvalue weighted by atomic mass is 16.6. The molecule has 9 heteroatoms. The Balaban J connectivity index is 1.96. The van der Waals surface area contributed by atoms with Gasteiger partial charge in [0, 0.05) is 13.0 Å². The molecule has 2 saturated heterocycles. The van der Waals surface area contributed by atoms with Crippen LogP contribution in [0, 0.1) is 17.8 Å². The average Bonchev–Trinajstić information content (AvgIpc) is 3.36. The molecule has 0 aromatic heterocycles. The molecule has 9 nitrogen and oxygen atoms in total. The number of aliphatic hydroxyl groups is 2. The Morgan fingerprint density at radius 1 is 1.33 bits per heavy atom. The predicted octanol–water partition coefficient (Wildman–Crippen LogP) is 1.28. The molecule has 3 N–H and O–H groups in total. The van der Waals surface area contributed by atoms with Gasteiger partial charge in [0.15, 0.2) is 0 Å². The Hall–Kier alpha value is -2.23. The quantitative estimate of drug-likeness (QED) is 0.375. The Morgan fingerprint density at radius 3 is 2.76 bits per heavy atom. The summed E-state index contributed by atoms with van der Waals surface area (Å²) in [7, 11) is 0. The topological polar surface area (TPSA) is 134 Å². The van der Waals surface area contributed by atoms with E-state index in [1.54, 1.807) is 17.9 Å². The zero-order valence-corrected chi connectivity index (χ0v) is 19.3. The van der Waals surface area contributed by atoms with Crippen LogP contribution in [-0.4, -0.2) is 82.7 Å². The van der Waals surface area contributed by atoms with Gasteiger partial charge in [0.05, 0.1) is 31.0 Å². The van der Waals surface area contributed by atoms with Gasteiger partial charge in [0.2, 0.25) is 0 Å². The number of aliphatic hydroxyl groups excluding tert-OH is 2. The maximum atomic E-state index is 13.0. The van der Waals surface area contributed by atoms with Crippen LogP contribution in [0.3, 0.4) is 0 Å². The molecule has 0 aromatic carbocycles. The lowest BCUT2D eigenvalue weighted by Gasteiger charge is -2.32. The van der Waals surface area contributed by atoms with Gasteiger partial charge in [-0.2, -0.15) is 0 Å². The fraction of sp³-hybridized carbons (Fsp3) is 0.708. The number of carboxylic acid groups (broad SMARTS) is 1. The maximum absolute atomic E-state index is 13.0. The Morgan fingerprint density at radius 2 is 2.09 bits per heavy atom. The molecule has 0 spiro atoms. The number of hydrogen-bond donors (Lipinski definition) is 3. The molecule has 3 aliphatic rings. The van der Waals surface area contributed by atoms with E-state index < -0.39 is 53.9 Å². The summed E-state index contributed by atoms with van der Waals surface area (Å²) in [4.78, 5) is 39.1. The highest BCUT2D eigenvalue weighted by Gasteiger charge is 2.51. The van der Waals surface area contributed by atoms with Gasteiger partial charge in [-0.25, -0.2) is 0 Å². The molecule has 6 atom stereocenters. The maximum Gasteiger partial charge on any atom is 0.320 e. The van der Waals surface area contributed by atoms with E-state index in [0.29, 0.717) is 32.2 Å². The number of likely N-dealkylation sites (tertiary alicyclic amines) is 1. The van der Waals surface area contributed by atoms with E-state index in [4.69, 9.17) is 9.47 Å². The minimum Gasteiger partial charge on any atom is -0.480 e. The SMILES string of the molecule is C/C1=C/CC/C(CO)=C\[C@H]2OC(=O)C(CN3CCCC3C(=O)O)[C@@H]2[C@@H](OC(=O)C(C)CO)C1. The first-order valence-electron chi connectivity index (χ1n) is 11.7. The van der Waals surface area contributed by atoms with Crippen LogP contribution in [0.15, 0.2) is 23.3 Å². The second-order valence-electron chi connectivity index (χ2n) is 9.41. The summed E-state index contributed by atoms with van der Waals surface area (Å²) in [5, 5.41) is 28.8. The fourth-order valence-electron chi connectivity index (χ4n) is 5.02. The van der Waals surface area contributed by atoms with Crippen LogP contribution >= 0.6 is 0 Å². The van der Waals surface area contributed by atoms with Crippen molar-refractivity contribution in [2.24, 2.45) is 17.8 Å². The van der Waals surface area contributed by atoms with Crippen molar-refractivity contribution in [1.82, 2.24) is 4.90 Å². The molecular weight excluding hydrogens is 430 g/mol. The Bertz CT molecular complexity index is 806. The summed E-state index contributed by atoms with van der Waals surface area (Å²) in [6.45, 7) is 3.75. The van der Waals surface area contributed by atoms with Crippen molar-refractivity contribution < 1.29 is 39.2 Å². The molecule has 2 aliphatic heterocycles. The number of allylic oxidation sites excluding steroid dienone is 1. The number of hydrogen-bond acceptors (Lipinski definition) is 8. The van der Waals surface area contributed by atoms with Gasteiger partial charge in [-0.15, -0.1) is 0 Å². The lowest BCUT2D eigenvalue weighted by Crippen LogP contribution is -2.45. The fourth-order valence-corrected chi connectivity index (χ4v) is 5.02. The molecule has 184 valence electrons. The van der Waals surface area contributed by atoms with E-state index in [9.17, 15) is 29.7 Å². The number of esters is 2. The zero-order chi connectivity index (χ0) is 24.1. The molecule has 3 rings (SSSR count). The van der Waals surface area contributed by atoms with E-state index >= 15 is 0 Å². The minimum atomic E-state index is -0.914. The normalized spacial score (nSPS) is 34.9. The van der Waals surface area contributed by atoms with E-state index in [2.05, 4.69) is 0 Å². The lowest BCUT2D eigenvalue weighted by atomic mass is 9.81. The number of carboxylic acids is 1. The number of aliphatic carboxylic acids is 1. The van der Waals surface area contributed by atoms with Crippen LogP contribution in [0.5, 0.6) is 0 Å². The minimum absolute atomic E-state index is 0.169. The molecule has 3 unspecified atom stereocenters. The molecule has 0 saturated carbocycles. The second kappa shape index (κ2) is 11.3. The molecule has 2 fully saturated rings. The molecule has 0 amide bonds. The number of fused-ring (bicyclic) bond motifs is 1.